The van der Waals surface area contributed by atoms with Gasteiger partial charge in [-0.15, -0.1) is 0 Å². The van der Waals surface area contributed by atoms with Crippen LogP contribution in [0.1, 0.15) is 52.4 Å². The van der Waals surface area contributed by atoms with E-state index in [0.29, 0.717) is 19.1 Å². The number of hydrogen-bond acceptors (Lipinski definition) is 3. The van der Waals surface area contributed by atoms with Gasteiger partial charge in [-0.2, -0.15) is 5.26 Å². The van der Waals surface area contributed by atoms with Crippen molar-refractivity contribution in [3.63, 3.8) is 0 Å². The second-order valence-electron chi connectivity index (χ2n) is 6.23. The summed E-state index contributed by atoms with van der Waals surface area (Å²) in [6, 6.07) is 2.28. The van der Waals surface area contributed by atoms with Crippen molar-refractivity contribution in [2.45, 2.75) is 58.7 Å². The Balaban J connectivity index is 1.77. The number of rotatable bonds is 3. The van der Waals surface area contributed by atoms with Crippen molar-refractivity contribution in [3.05, 3.63) is 0 Å². The second-order valence-corrected chi connectivity index (χ2v) is 6.23. The molecule has 0 amide bonds. The fraction of sp³-hybridized carbons (Fsp3) is 0.933. The Bertz CT molecular complexity index is 294. The predicted octanol–water partition coefficient (Wildman–Crippen LogP) is 3.50. The molecule has 102 valence electrons. The van der Waals surface area contributed by atoms with Crippen LogP contribution in [0, 0.1) is 28.6 Å². The van der Waals surface area contributed by atoms with Crippen molar-refractivity contribution in [3.8, 4) is 6.07 Å². The fourth-order valence-electron chi connectivity index (χ4n) is 3.12. The van der Waals surface area contributed by atoms with Crippen molar-refractivity contribution in [1.29, 1.82) is 5.26 Å². The molecule has 0 aromatic rings. The molecule has 1 saturated carbocycles. The molecule has 3 nitrogen and oxygen atoms in total. The topological polar surface area (TPSA) is 42.2 Å². The molecule has 18 heavy (non-hydrogen) atoms. The normalized spacial score (nSPS) is 41.3. The molecule has 0 atom stereocenters. The van der Waals surface area contributed by atoms with Gasteiger partial charge in [0.15, 0.2) is 6.29 Å². The van der Waals surface area contributed by atoms with Gasteiger partial charge in [0.1, 0.15) is 5.41 Å². The van der Waals surface area contributed by atoms with Crippen molar-refractivity contribution < 1.29 is 9.47 Å². The fourth-order valence-corrected chi connectivity index (χ4v) is 3.12. The molecule has 2 fully saturated rings. The van der Waals surface area contributed by atoms with Gasteiger partial charge in [-0.25, -0.2) is 0 Å². The van der Waals surface area contributed by atoms with E-state index in [9.17, 15) is 0 Å². The van der Waals surface area contributed by atoms with E-state index in [1.165, 1.54) is 38.5 Å². The Kier molecular flexibility index (Phi) is 4.64. The molecule has 1 aliphatic heterocycles. The molecule has 0 aromatic carbocycles. The highest BCUT2D eigenvalue weighted by Gasteiger charge is 2.37. The highest BCUT2D eigenvalue weighted by atomic mass is 16.7. The Morgan fingerprint density at radius 1 is 1.17 bits per heavy atom. The minimum absolute atomic E-state index is 0.0611. The quantitative estimate of drug-likeness (QED) is 0.771. The van der Waals surface area contributed by atoms with Crippen LogP contribution in [0.3, 0.4) is 0 Å². The van der Waals surface area contributed by atoms with Gasteiger partial charge in [0.25, 0.3) is 0 Å². The third-order valence-electron chi connectivity index (χ3n) is 4.38. The molecular weight excluding hydrogens is 226 g/mol. The van der Waals surface area contributed by atoms with E-state index < -0.39 is 5.41 Å². The van der Waals surface area contributed by atoms with E-state index in [1.807, 2.05) is 6.92 Å². The zero-order chi connectivity index (χ0) is 13.0. The second kappa shape index (κ2) is 6.04. The van der Waals surface area contributed by atoms with Gasteiger partial charge in [0, 0.05) is 5.92 Å². The van der Waals surface area contributed by atoms with Crippen molar-refractivity contribution in [2.75, 3.05) is 13.2 Å². The van der Waals surface area contributed by atoms with Crippen LogP contribution >= 0.6 is 0 Å². The molecule has 1 saturated heterocycles. The first-order chi connectivity index (χ1) is 8.67. The first kappa shape index (κ1) is 13.8. The number of nitrogens with zero attached hydrogens (tertiary/aromatic N) is 1. The lowest BCUT2D eigenvalue weighted by molar-refractivity contribution is -0.240. The summed E-state index contributed by atoms with van der Waals surface area (Å²) < 4.78 is 11.5. The summed E-state index contributed by atoms with van der Waals surface area (Å²) >= 11 is 0. The van der Waals surface area contributed by atoms with Gasteiger partial charge in [-0.05, 0) is 38.5 Å². The minimum Gasteiger partial charge on any atom is -0.351 e. The molecule has 1 aliphatic carbocycles. The van der Waals surface area contributed by atoms with Gasteiger partial charge in [0.2, 0.25) is 0 Å². The highest BCUT2D eigenvalue weighted by Crippen LogP contribution is 2.37. The molecule has 1 heterocycles. The molecule has 0 radical (unpaired) electrons. The van der Waals surface area contributed by atoms with Crippen LogP contribution in [0.5, 0.6) is 0 Å². The molecule has 0 bridgehead atoms. The van der Waals surface area contributed by atoms with Crippen molar-refractivity contribution in [2.24, 2.45) is 17.3 Å². The number of hydrogen-bond donors (Lipinski definition) is 0. The molecule has 0 spiro atoms. The minimum atomic E-state index is -0.448. The van der Waals surface area contributed by atoms with E-state index >= 15 is 0 Å². The van der Waals surface area contributed by atoms with Gasteiger partial charge in [-0.3, -0.25) is 0 Å². The maximum absolute atomic E-state index is 9.03. The predicted molar refractivity (Wildman–Crippen MR) is 69.8 cm³/mol. The summed E-state index contributed by atoms with van der Waals surface area (Å²) in [7, 11) is 0. The van der Waals surface area contributed by atoms with Crippen molar-refractivity contribution in [1.82, 2.24) is 0 Å². The Morgan fingerprint density at radius 2 is 1.78 bits per heavy atom. The SMILES string of the molecule is CCC[C@H]1CC[C@H]([C@H]2OC[C@@](C)(C#N)CO2)CC1. The zero-order valence-corrected chi connectivity index (χ0v) is 11.7. The standard InChI is InChI=1S/C15H25NO2/c1-3-4-12-5-7-13(8-6-12)14-17-10-15(2,9-16)11-18-14/h12-14H,3-8,10-11H2,1-2H3/t12-,13-,14-,15+. The van der Waals surface area contributed by atoms with Gasteiger partial charge >= 0.3 is 0 Å². The van der Waals surface area contributed by atoms with E-state index in [4.69, 9.17) is 14.7 Å². The number of nitriles is 1. The molecule has 0 aromatic heterocycles. The third-order valence-corrected chi connectivity index (χ3v) is 4.38. The average molecular weight is 251 g/mol. The first-order valence-corrected chi connectivity index (χ1v) is 7.31. The summed E-state index contributed by atoms with van der Waals surface area (Å²) in [4.78, 5) is 0. The third kappa shape index (κ3) is 3.24. The Hall–Kier alpha value is -0.590. The van der Waals surface area contributed by atoms with Gasteiger partial charge in [-0.1, -0.05) is 19.8 Å². The largest absolute Gasteiger partial charge is 0.351 e. The van der Waals surface area contributed by atoms with Crippen LogP contribution in [0.4, 0.5) is 0 Å². The smallest absolute Gasteiger partial charge is 0.160 e. The molecule has 2 aliphatic rings. The van der Waals surface area contributed by atoms with Gasteiger partial charge < -0.3 is 9.47 Å². The van der Waals surface area contributed by atoms with E-state index in [1.54, 1.807) is 0 Å². The molecule has 0 N–H and O–H groups in total. The molecule has 2 rings (SSSR count). The summed E-state index contributed by atoms with van der Waals surface area (Å²) in [6.45, 7) is 5.20. The Labute approximate surface area is 110 Å². The van der Waals surface area contributed by atoms with E-state index in [0.717, 1.165) is 5.92 Å². The Morgan fingerprint density at radius 3 is 2.28 bits per heavy atom. The van der Waals surface area contributed by atoms with Crippen molar-refractivity contribution >= 4 is 0 Å². The summed E-state index contributed by atoms with van der Waals surface area (Å²) in [5.41, 5.74) is -0.448. The summed E-state index contributed by atoms with van der Waals surface area (Å²) in [6.07, 6.45) is 7.68. The summed E-state index contributed by atoms with van der Waals surface area (Å²) in [5.74, 6) is 1.46. The molecule has 3 heteroatoms. The maximum Gasteiger partial charge on any atom is 0.160 e. The lowest BCUT2D eigenvalue weighted by Crippen LogP contribution is -2.43. The zero-order valence-electron chi connectivity index (χ0n) is 11.7. The van der Waals surface area contributed by atoms with Crippen LogP contribution in [-0.2, 0) is 9.47 Å². The van der Waals surface area contributed by atoms with Crippen LogP contribution in [-0.4, -0.2) is 19.5 Å². The van der Waals surface area contributed by atoms with Crippen LogP contribution in [0.15, 0.2) is 0 Å². The first-order valence-electron chi connectivity index (χ1n) is 7.31. The number of ether oxygens (including phenoxy) is 2. The van der Waals surface area contributed by atoms with E-state index in [-0.39, 0.29) is 6.29 Å². The van der Waals surface area contributed by atoms with Gasteiger partial charge in [0.05, 0.1) is 19.3 Å². The van der Waals surface area contributed by atoms with Crippen LogP contribution < -0.4 is 0 Å². The highest BCUT2D eigenvalue weighted by molar-refractivity contribution is 4.97. The lowest BCUT2D eigenvalue weighted by Gasteiger charge is -2.39. The molecular formula is C15H25NO2. The average Bonchev–Trinajstić information content (AvgIpc) is 2.41. The summed E-state index contributed by atoms with van der Waals surface area (Å²) in [5, 5.41) is 9.03. The maximum atomic E-state index is 9.03. The monoisotopic (exact) mass is 251 g/mol. The molecule has 0 unspecified atom stereocenters. The van der Waals surface area contributed by atoms with Crippen LogP contribution in [0.2, 0.25) is 0 Å². The van der Waals surface area contributed by atoms with Crippen LogP contribution in [0.25, 0.3) is 0 Å². The lowest BCUT2D eigenvalue weighted by atomic mass is 9.79. The van der Waals surface area contributed by atoms with E-state index in [2.05, 4.69) is 13.0 Å².